The zero-order valence-corrected chi connectivity index (χ0v) is 11.1. The molecule has 0 aliphatic heterocycles. The van der Waals surface area contributed by atoms with E-state index in [1.54, 1.807) is 0 Å². The van der Waals surface area contributed by atoms with Crippen LogP contribution >= 0.6 is 27.5 Å². The molecule has 1 aromatic heterocycles. The number of benzene rings is 2. The summed E-state index contributed by atoms with van der Waals surface area (Å²) in [5, 5.41) is 0.705. The van der Waals surface area contributed by atoms with Gasteiger partial charge in [-0.3, -0.25) is 0 Å². The van der Waals surface area contributed by atoms with Gasteiger partial charge < -0.3 is 4.98 Å². The third-order valence-electron chi connectivity index (χ3n) is 2.58. The molecule has 2 aromatic carbocycles. The summed E-state index contributed by atoms with van der Waals surface area (Å²) in [6.07, 6.45) is 0. The molecule has 0 radical (unpaired) electrons. The Bertz CT molecular complexity index is 658. The van der Waals surface area contributed by atoms with Crippen LogP contribution < -0.4 is 0 Å². The normalized spacial score (nSPS) is 10.9. The van der Waals surface area contributed by atoms with Crippen LogP contribution in [0, 0.1) is 0 Å². The third-order valence-corrected chi connectivity index (χ3v) is 3.47. The van der Waals surface area contributed by atoms with Crippen LogP contribution in [0.4, 0.5) is 0 Å². The maximum atomic E-state index is 5.92. The molecular formula is C13H8BrClN2. The van der Waals surface area contributed by atoms with Crippen LogP contribution in [-0.4, -0.2) is 9.97 Å². The molecular weight excluding hydrogens is 300 g/mol. The lowest BCUT2D eigenvalue weighted by Crippen LogP contribution is -1.82. The van der Waals surface area contributed by atoms with Gasteiger partial charge in [0.15, 0.2) is 0 Å². The van der Waals surface area contributed by atoms with E-state index in [1.165, 1.54) is 0 Å². The van der Waals surface area contributed by atoms with Crippen molar-refractivity contribution in [3.8, 4) is 11.4 Å². The average molecular weight is 308 g/mol. The van der Waals surface area contributed by atoms with Gasteiger partial charge in [0.25, 0.3) is 0 Å². The number of hydrogen-bond acceptors (Lipinski definition) is 1. The predicted molar refractivity (Wildman–Crippen MR) is 74.2 cm³/mol. The lowest BCUT2D eigenvalue weighted by atomic mass is 10.2. The lowest BCUT2D eigenvalue weighted by molar-refractivity contribution is 1.33. The van der Waals surface area contributed by atoms with Crippen LogP contribution in [0.5, 0.6) is 0 Å². The molecule has 0 unspecified atom stereocenters. The molecule has 2 nitrogen and oxygen atoms in total. The van der Waals surface area contributed by atoms with Crippen molar-refractivity contribution in [2.24, 2.45) is 0 Å². The van der Waals surface area contributed by atoms with Crippen LogP contribution in [0.3, 0.4) is 0 Å². The monoisotopic (exact) mass is 306 g/mol. The first-order valence-corrected chi connectivity index (χ1v) is 6.31. The van der Waals surface area contributed by atoms with E-state index < -0.39 is 0 Å². The summed E-state index contributed by atoms with van der Waals surface area (Å²) in [5.74, 6) is 0.842. The number of nitrogens with zero attached hydrogens (tertiary/aromatic N) is 1. The number of para-hydroxylation sites is 2. The van der Waals surface area contributed by atoms with Crippen LogP contribution in [0.1, 0.15) is 0 Å². The van der Waals surface area contributed by atoms with E-state index in [4.69, 9.17) is 11.6 Å². The highest BCUT2D eigenvalue weighted by atomic mass is 79.9. The molecule has 0 spiro atoms. The maximum Gasteiger partial charge on any atom is 0.139 e. The lowest BCUT2D eigenvalue weighted by Gasteiger charge is -2.00. The summed E-state index contributed by atoms with van der Waals surface area (Å²) in [4.78, 5) is 7.83. The van der Waals surface area contributed by atoms with Crippen molar-refractivity contribution in [3.05, 3.63) is 52.0 Å². The molecule has 0 aliphatic rings. The minimum atomic E-state index is 0.705. The first-order valence-electron chi connectivity index (χ1n) is 5.14. The first-order chi connectivity index (χ1) is 8.24. The predicted octanol–water partition coefficient (Wildman–Crippen LogP) is 4.65. The van der Waals surface area contributed by atoms with E-state index >= 15 is 0 Å². The maximum absolute atomic E-state index is 5.92. The minimum Gasteiger partial charge on any atom is -0.338 e. The van der Waals surface area contributed by atoms with Crippen LogP contribution in [0.2, 0.25) is 5.02 Å². The summed E-state index contributed by atoms with van der Waals surface area (Å²) in [6.45, 7) is 0. The molecule has 1 heterocycles. The molecule has 1 N–H and O–H groups in total. The quantitative estimate of drug-likeness (QED) is 0.697. The molecule has 0 atom stereocenters. The average Bonchev–Trinajstić information content (AvgIpc) is 2.72. The summed E-state index contributed by atoms with van der Waals surface area (Å²) in [7, 11) is 0. The van der Waals surface area contributed by atoms with Gasteiger partial charge in [0.2, 0.25) is 0 Å². The number of hydrogen-bond donors (Lipinski definition) is 1. The Morgan fingerprint density at radius 2 is 1.94 bits per heavy atom. The highest BCUT2D eigenvalue weighted by Crippen LogP contribution is 2.29. The van der Waals surface area contributed by atoms with Crippen LogP contribution in [0.15, 0.2) is 46.9 Å². The topological polar surface area (TPSA) is 28.7 Å². The fourth-order valence-electron chi connectivity index (χ4n) is 1.76. The third kappa shape index (κ3) is 1.96. The number of imidazole rings is 1. The Morgan fingerprint density at radius 1 is 1.12 bits per heavy atom. The number of fused-ring (bicyclic) bond motifs is 1. The zero-order valence-electron chi connectivity index (χ0n) is 8.74. The van der Waals surface area contributed by atoms with Gasteiger partial charge in [-0.2, -0.15) is 0 Å². The highest BCUT2D eigenvalue weighted by Gasteiger charge is 2.08. The fraction of sp³-hybridized carbons (Fsp3) is 0. The van der Waals surface area contributed by atoms with Gasteiger partial charge in [-0.1, -0.05) is 23.7 Å². The van der Waals surface area contributed by atoms with Gasteiger partial charge in [-0.15, -0.1) is 0 Å². The minimum absolute atomic E-state index is 0.705. The van der Waals surface area contributed by atoms with Crippen LogP contribution in [0.25, 0.3) is 22.4 Å². The Kier molecular flexibility index (Phi) is 2.65. The second kappa shape index (κ2) is 4.17. The number of halogens is 2. The van der Waals surface area contributed by atoms with Gasteiger partial charge >= 0.3 is 0 Å². The summed E-state index contributed by atoms with van der Waals surface area (Å²) in [6, 6.07) is 13.6. The Balaban J connectivity index is 2.20. The molecule has 3 aromatic rings. The molecule has 0 saturated heterocycles. The molecule has 84 valence electrons. The number of aromatic amines is 1. The van der Waals surface area contributed by atoms with Crippen molar-refractivity contribution in [3.63, 3.8) is 0 Å². The first kappa shape index (κ1) is 10.8. The number of rotatable bonds is 1. The van der Waals surface area contributed by atoms with Crippen molar-refractivity contribution in [1.29, 1.82) is 0 Å². The molecule has 0 bridgehead atoms. The van der Waals surface area contributed by atoms with Crippen molar-refractivity contribution in [2.45, 2.75) is 0 Å². The summed E-state index contributed by atoms with van der Waals surface area (Å²) < 4.78 is 0.934. The van der Waals surface area contributed by atoms with Gasteiger partial charge in [0.05, 0.1) is 11.0 Å². The van der Waals surface area contributed by atoms with Crippen molar-refractivity contribution in [1.82, 2.24) is 9.97 Å². The SMILES string of the molecule is Clc1ccc(-c2nc3ccccc3[nH]2)c(Br)c1. The smallest absolute Gasteiger partial charge is 0.139 e. The number of H-pyrrole nitrogens is 1. The van der Waals surface area contributed by atoms with Gasteiger partial charge in [-0.05, 0) is 46.3 Å². The van der Waals surface area contributed by atoms with E-state index in [1.807, 2.05) is 42.5 Å². The van der Waals surface area contributed by atoms with Crippen molar-refractivity contribution >= 4 is 38.6 Å². The Morgan fingerprint density at radius 3 is 2.71 bits per heavy atom. The summed E-state index contributed by atoms with van der Waals surface area (Å²) in [5.41, 5.74) is 3.00. The molecule has 17 heavy (non-hydrogen) atoms. The molecule has 0 amide bonds. The van der Waals surface area contributed by atoms with Gasteiger partial charge in [0.1, 0.15) is 5.82 Å². The number of aromatic nitrogens is 2. The standard InChI is InChI=1S/C13H8BrClN2/c14-10-7-8(15)5-6-9(10)13-16-11-3-1-2-4-12(11)17-13/h1-7H,(H,16,17). The largest absolute Gasteiger partial charge is 0.338 e. The highest BCUT2D eigenvalue weighted by molar-refractivity contribution is 9.10. The molecule has 3 rings (SSSR count). The molecule has 0 saturated carbocycles. The van der Waals surface area contributed by atoms with Gasteiger partial charge in [-0.25, -0.2) is 4.98 Å². The Labute approximate surface area is 112 Å². The fourth-order valence-corrected chi connectivity index (χ4v) is 2.63. The van der Waals surface area contributed by atoms with E-state index in [0.717, 1.165) is 26.9 Å². The van der Waals surface area contributed by atoms with E-state index in [-0.39, 0.29) is 0 Å². The Hall–Kier alpha value is -1.32. The van der Waals surface area contributed by atoms with E-state index in [9.17, 15) is 0 Å². The second-order valence-electron chi connectivity index (χ2n) is 3.73. The molecule has 0 aliphatic carbocycles. The van der Waals surface area contributed by atoms with Crippen molar-refractivity contribution < 1.29 is 0 Å². The number of nitrogens with one attached hydrogen (secondary N) is 1. The molecule has 0 fully saturated rings. The van der Waals surface area contributed by atoms with Gasteiger partial charge in [0, 0.05) is 15.1 Å². The zero-order chi connectivity index (χ0) is 11.8. The summed E-state index contributed by atoms with van der Waals surface area (Å²) >= 11 is 9.42. The van der Waals surface area contributed by atoms with E-state index in [0.29, 0.717) is 5.02 Å². The van der Waals surface area contributed by atoms with Crippen molar-refractivity contribution in [2.75, 3.05) is 0 Å². The molecule has 4 heteroatoms. The van der Waals surface area contributed by atoms with Crippen LogP contribution in [-0.2, 0) is 0 Å². The second-order valence-corrected chi connectivity index (χ2v) is 5.02. The van der Waals surface area contributed by atoms with E-state index in [2.05, 4.69) is 25.9 Å².